The van der Waals surface area contributed by atoms with Crippen LogP contribution in [0.3, 0.4) is 0 Å². The summed E-state index contributed by atoms with van der Waals surface area (Å²) in [6.45, 7) is 0. The van der Waals surface area contributed by atoms with E-state index in [-0.39, 0.29) is 0 Å². The monoisotopic (exact) mass is 310 g/mol. The van der Waals surface area contributed by atoms with Crippen molar-refractivity contribution in [2.75, 3.05) is 11.1 Å². The standard InChI is InChI=1S/C15H19BrS/c16-11-15(9-12-8-13(12)10-15)6-7-17-14-4-2-1-3-5-14/h1-5,12-13H,6-11H2. The van der Waals surface area contributed by atoms with Crippen LogP contribution in [0.4, 0.5) is 0 Å². The lowest BCUT2D eigenvalue weighted by molar-refractivity contribution is 0.301. The van der Waals surface area contributed by atoms with Crippen LogP contribution in [0.25, 0.3) is 0 Å². The quantitative estimate of drug-likeness (QED) is 0.546. The predicted octanol–water partition coefficient (Wildman–Crippen LogP) is 4.98. The smallest absolute Gasteiger partial charge is 0.00884 e. The highest BCUT2D eigenvalue weighted by molar-refractivity contribution is 9.09. The summed E-state index contributed by atoms with van der Waals surface area (Å²) in [5.41, 5.74) is 0.634. The van der Waals surface area contributed by atoms with Crippen LogP contribution in [0.1, 0.15) is 25.7 Å². The molecule has 1 aromatic carbocycles. The van der Waals surface area contributed by atoms with Crippen molar-refractivity contribution in [3.63, 3.8) is 0 Å². The molecule has 92 valence electrons. The third-order valence-corrected chi connectivity index (χ3v) is 6.59. The minimum atomic E-state index is 0.634. The lowest BCUT2D eigenvalue weighted by Crippen LogP contribution is -2.21. The van der Waals surface area contributed by atoms with Gasteiger partial charge in [-0.3, -0.25) is 0 Å². The summed E-state index contributed by atoms with van der Waals surface area (Å²) in [5, 5.41) is 1.21. The topological polar surface area (TPSA) is 0 Å². The fraction of sp³-hybridized carbons (Fsp3) is 0.600. The molecule has 1 aromatic rings. The summed E-state index contributed by atoms with van der Waals surface area (Å²) in [6, 6.07) is 10.8. The number of fused-ring (bicyclic) bond motifs is 1. The van der Waals surface area contributed by atoms with Crippen molar-refractivity contribution in [3.05, 3.63) is 30.3 Å². The highest BCUT2D eigenvalue weighted by atomic mass is 79.9. The Hall–Kier alpha value is 0.0500. The van der Waals surface area contributed by atoms with Crippen molar-refractivity contribution >= 4 is 27.7 Å². The number of hydrogen-bond donors (Lipinski definition) is 0. The minimum Gasteiger partial charge on any atom is -0.126 e. The Morgan fingerprint density at radius 1 is 1.18 bits per heavy atom. The molecule has 3 rings (SSSR count). The number of rotatable bonds is 5. The van der Waals surface area contributed by atoms with Crippen LogP contribution in [-0.2, 0) is 0 Å². The second kappa shape index (κ2) is 4.97. The number of alkyl halides is 1. The molecule has 2 aliphatic carbocycles. The molecule has 0 bridgehead atoms. The van der Waals surface area contributed by atoms with E-state index in [1.807, 2.05) is 11.8 Å². The van der Waals surface area contributed by atoms with Crippen LogP contribution in [0.5, 0.6) is 0 Å². The van der Waals surface area contributed by atoms with Gasteiger partial charge in [0.05, 0.1) is 0 Å². The molecule has 0 aromatic heterocycles. The molecule has 2 fully saturated rings. The molecule has 2 atom stereocenters. The van der Waals surface area contributed by atoms with Crippen LogP contribution in [-0.4, -0.2) is 11.1 Å². The average molecular weight is 311 g/mol. The van der Waals surface area contributed by atoms with Gasteiger partial charge in [0, 0.05) is 10.2 Å². The molecule has 0 spiro atoms. The molecule has 2 saturated carbocycles. The van der Waals surface area contributed by atoms with Gasteiger partial charge >= 0.3 is 0 Å². The SMILES string of the molecule is BrCC1(CCSc2ccccc2)CC2CC2C1. The summed E-state index contributed by atoms with van der Waals surface area (Å²) in [7, 11) is 0. The maximum absolute atomic E-state index is 3.76. The lowest BCUT2D eigenvalue weighted by atomic mass is 9.83. The Balaban J connectivity index is 1.50. The second-order valence-electron chi connectivity index (χ2n) is 5.71. The van der Waals surface area contributed by atoms with Crippen LogP contribution in [0.2, 0.25) is 0 Å². The van der Waals surface area contributed by atoms with E-state index in [1.165, 1.54) is 41.7 Å². The Kier molecular flexibility index (Phi) is 3.54. The van der Waals surface area contributed by atoms with Crippen molar-refractivity contribution in [3.8, 4) is 0 Å². The number of hydrogen-bond acceptors (Lipinski definition) is 1. The van der Waals surface area contributed by atoms with Gasteiger partial charge in [0.15, 0.2) is 0 Å². The molecule has 2 aliphatic rings. The summed E-state index contributed by atoms with van der Waals surface area (Å²) in [4.78, 5) is 1.42. The van der Waals surface area contributed by atoms with Gasteiger partial charge in [-0.1, -0.05) is 34.1 Å². The zero-order valence-electron chi connectivity index (χ0n) is 10.1. The zero-order chi connectivity index (χ0) is 11.7. The van der Waals surface area contributed by atoms with Gasteiger partial charge < -0.3 is 0 Å². The Labute approximate surface area is 117 Å². The molecule has 2 unspecified atom stereocenters. The molecule has 0 aliphatic heterocycles. The zero-order valence-corrected chi connectivity index (χ0v) is 12.5. The first-order chi connectivity index (χ1) is 8.31. The predicted molar refractivity (Wildman–Crippen MR) is 78.8 cm³/mol. The largest absolute Gasteiger partial charge is 0.126 e. The first kappa shape index (κ1) is 12.1. The van der Waals surface area contributed by atoms with Gasteiger partial charge in [-0.05, 0) is 60.8 Å². The van der Waals surface area contributed by atoms with Crippen LogP contribution >= 0.6 is 27.7 Å². The molecule has 0 amide bonds. The summed E-state index contributed by atoms with van der Waals surface area (Å²) >= 11 is 5.78. The molecule has 0 saturated heterocycles. The number of thioether (sulfide) groups is 1. The van der Waals surface area contributed by atoms with Crippen LogP contribution in [0, 0.1) is 17.3 Å². The van der Waals surface area contributed by atoms with Gasteiger partial charge in [-0.15, -0.1) is 11.8 Å². The van der Waals surface area contributed by atoms with E-state index in [0.717, 1.165) is 11.8 Å². The number of benzene rings is 1. The van der Waals surface area contributed by atoms with E-state index in [0.29, 0.717) is 5.41 Å². The van der Waals surface area contributed by atoms with E-state index < -0.39 is 0 Å². The minimum absolute atomic E-state index is 0.634. The summed E-state index contributed by atoms with van der Waals surface area (Å²) in [5.74, 6) is 3.46. The summed E-state index contributed by atoms with van der Waals surface area (Å²) in [6.07, 6.45) is 5.88. The van der Waals surface area contributed by atoms with Gasteiger partial charge in [-0.25, -0.2) is 0 Å². The van der Waals surface area contributed by atoms with Gasteiger partial charge in [-0.2, -0.15) is 0 Å². The first-order valence-corrected chi connectivity index (χ1v) is 8.66. The fourth-order valence-electron chi connectivity index (χ4n) is 3.29. The van der Waals surface area contributed by atoms with E-state index in [4.69, 9.17) is 0 Å². The highest BCUT2D eigenvalue weighted by Crippen LogP contribution is 2.61. The van der Waals surface area contributed by atoms with E-state index in [2.05, 4.69) is 46.3 Å². The van der Waals surface area contributed by atoms with Crippen molar-refractivity contribution in [1.82, 2.24) is 0 Å². The third-order valence-electron chi connectivity index (χ3n) is 4.39. The Morgan fingerprint density at radius 2 is 1.88 bits per heavy atom. The maximum Gasteiger partial charge on any atom is 0.00884 e. The van der Waals surface area contributed by atoms with E-state index >= 15 is 0 Å². The maximum atomic E-state index is 3.76. The molecule has 2 heteroatoms. The molecule has 0 heterocycles. The van der Waals surface area contributed by atoms with Crippen molar-refractivity contribution in [2.24, 2.45) is 17.3 Å². The first-order valence-electron chi connectivity index (χ1n) is 6.55. The third kappa shape index (κ3) is 2.73. The molecule has 0 radical (unpaired) electrons. The van der Waals surface area contributed by atoms with Gasteiger partial charge in [0.2, 0.25) is 0 Å². The molecule has 17 heavy (non-hydrogen) atoms. The fourth-order valence-corrected chi connectivity index (χ4v) is 5.15. The van der Waals surface area contributed by atoms with Crippen molar-refractivity contribution < 1.29 is 0 Å². The Bertz CT molecular complexity index is 366. The van der Waals surface area contributed by atoms with Crippen molar-refractivity contribution in [2.45, 2.75) is 30.6 Å². The van der Waals surface area contributed by atoms with Gasteiger partial charge in [0.1, 0.15) is 0 Å². The Morgan fingerprint density at radius 3 is 2.53 bits per heavy atom. The highest BCUT2D eigenvalue weighted by Gasteiger charge is 2.52. The average Bonchev–Trinajstić information content (AvgIpc) is 2.99. The van der Waals surface area contributed by atoms with E-state index in [9.17, 15) is 0 Å². The van der Waals surface area contributed by atoms with Crippen LogP contribution in [0.15, 0.2) is 35.2 Å². The van der Waals surface area contributed by atoms with Gasteiger partial charge in [0.25, 0.3) is 0 Å². The van der Waals surface area contributed by atoms with Crippen molar-refractivity contribution in [1.29, 1.82) is 0 Å². The molecular formula is C15H19BrS. The number of halogens is 1. The summed E-state index contributed by atoms with van der Waals surface area (Å²) < 4.78 is 0. The molecular weight excluding hydrogens is 292 g/mol. The van der Waals surface area contributed by atoms with E-state index in [1.54, 1.807) is 0 Å². The lowest BCUT2D eigenvalue weighted by Gasteiger charge is -2.28. The second-order valence-corrected chi connectivity index (χ2v) is 7.44. The van der Waals surface area contributed by atoms with Crippen LogP contribution < -0.4 is 0 Å². The molecule has 0 nitrogen and oxygen atoms in total. The molecule has 0 N–H and O–H groups in total. The normalized spacial score (nSPS) is 34.6.